The number of hydrogen-bond donors (Lipinski definition) is 1. The lowest BCUT2D eigenvalue weighted by atomic mass is 10.1. The SMILES string of the molecule is CCN(CC)C(=O)C(C)SC(Cc1ccccc1)C(=O)O. The zero-order valence-electron chi connectivity index (χ0n) is 12.8. The molecule has 1 aromatic rings. The number of benzene rings is 1. The van der Waals surface area contributed by atoms with E-state index in [0.29, 0.717) is 19.5 Å². The van der Waals surface area contributed by atoms with Gasteiger partial charge in [0.15, 0.2) is 0 Å². The minimum atomic E-state index is -0.872. The predicted molar refractivity (Wildman–Crippen MR) is 86.6 cm³/mol. The van der Waals surface area contributed by atoms with Crippen LogP contribution in [0.1, 0.15) is 26.3 Å². The quantitative estimate of drug-likeness (QED) is 0.802. The minimum Gasteiger partial charge on any atom is -0.480 e. The molecule has 0 aromatic heterocycles. The number of rotatable bonds is 8. The maximum Gasteiger partial charge on any atom is 0.316 e. The summed E-state index contributed by atoms with van der Waals surface area (Å²) in [6, 6.07) is 9.51. The van der Waals surface area contributed by atoms with E-state index in [-0.39, 0.29) is 11.2 Å². The molecule has 0 heterocycles. The standard InChI is InChI=1S/C16H23NO3S/c1-4-17(5-2)15(18)12(3)21-14(16(19)20)11-13-9-7-6-8-10-13/h6-10,12,14H,4-5,11H2,1-3H3,(H,19,20). The number of carboxylic acid groups (broad SMARTS) is 1. The zero-order chi connectivity index (χ0) is 15.8. The molecule has 0 saturated heterocycles. The normalized spacial score (nSPS) is 13.5. The summed E-state index contributed by atoms with van der Waals surface area (Å²) >= 11 is 1.22. The highest BCUT2D eigenvalue weighted by Gasteiger charge is 2.26. The van der Waals surface area contributed by atoms with Gasteiger partial charge in [0, 0.05) is 13.1 Å². The Kier molecular flexibility index (Phi) is 7.29. The third kappa shape index (κ3) is 5.42. The maximum atomic E-state index is 12.2. The number of nitrogens with zero attached hydrogens (tertiary/aromatic N) is 1. The van der Waals surface area contributed by atoms with Crippen LogP contribution in [-0.2, 0) is 16.0 Å². The summed E-state index contributed by atoms with van der Waals surface area (Å²) in [7, 11) is 0. The van der Waals surface area contributed by atoms with Crippen molar-refractivity contribution in [2.24, 2.45) is 0 Å². The van der Waals surface area contributed by atoms with E-state index < -0.39 is 11.2 Å². The predicted octanol–water partition coefficient (Wildman–Crippen LogP) is 2.67. The average molecular weight is 309 g/mol. The van der Waals surface area contributed by atoms with Gasteiger partial charge in [0.05, 0.1) is 5.25 Å². The molecular formula is C16H23NO3S. The van der Waals surface area contributed by atoms with Gasteiger partial charge in [-0.3, -0.25) is 9.59 Å². The van der Waals surface area contributed by atoms with Crippen molar-refractivity contribution in [3.8, 4) is 0 Å². The Morgan fingerprint density at radius 3 is 2.24 bits per heavy atom. The fraction of sp³-hybridized carbons (Fsp3) is 0.500. The van der Waals surface area contributed by atoms with Crippen LogP contribution in [0.25, 0.3) is 0 Å². The van der Waals surface area contributed by atoms with E-state index >= 15 is 0 Å². The Bertz CT molecular complexity index is 460. The van der Waals surface area contributed by atoms with Crippen LogP contribution in [0.4, 0.5) is 0 Å². The molecule has 21 heavy (non-hydrogen) atoms. The maximum absolute atomic E-state index is 12.2. The highest BCUT2D eigenvalue weighted by Crippen LogP contribution is 2.23. The van der Waals surface area contributed by atoms with Crippen molar-refractivity contribution < 1.29 is 14.7 Å². The van der Waals surface area contributed by atoms with Gasteiger partial charge in [-0.25, -0.2) is 0 Å². The fourth-order valence-corrected chi connectivity index (χ4v) is 3.28. The smallest absolute Gasteiger partial charge is 0.316 e. The molecule has 0 fully saturated rings. The molecule has 116 valence electrons. The Balaban J connectivity index is 2.70. The third-order valence-electron chi connectivity index (χ3n) is 3.33. The Labute approximate surface area is 130 Å². The first kappa shape index (κ1) is 17.6. The average Bonchev–Trinajstić information content (AvgIpc) is 2.48. The van der Waals surface area contributed by atoms with Crippen LogP contribution in [0.15, 0.2) is 30.3 Å². The highest BCUT2D eigenvalue weighted by molar-refractivity contribution is 8.01. The van der Waals surface area contributed by atoms with E-state index in [0.717, 1.165) is 5.56 Å². The van der Waals surface area contributed by atoms with E-state index in [2.05, 4.69) is 0 Å². The molecule has 0 aliphatic heterocycles. The molecule has 1 aromatic carbocycles. The van der Waals surface area contributed by atoms with Crippen molar-refractivity contribution in [1.29, 1.82) is 0 Å². The van der Waals surface area contributed by atoms with Crippen molar-refractivity contribution in [3.05, 3.63) is 35.9 Å². The third-order valence-corrected chi connectivity index (χ3v) is 4.64. The van der Waals surface area contributed by atoms with Gasteiger partial charge in [0.1, 0.15) is 5.25 Å². The Hall–Kier alpha value is -1.49. The van der Waals surface area contributed by atoms with Gasteiger partial charge < -0.3 is 10.0 Å². The molecule has 0 bridgehead atoms. The van der Waals surface area contributed by atoms with E-state index in [1.807, 2.05) is 44.2 Å². The van der Waals surface area contributed by atoms with Crippen LogP contribution in [0.2, 0.25) is 0 Å². The lowest BCUT2D eigenvalue weighted by molar-refractivity contribution is -0.136. The second kappa shape index (κ2) is 8.72. The fourth-order valence-electron chi connectivity index (χ4n) is 2.12. The number of aliphatic carboxylic acids is 1. The molecule has 1 rings (SSSR count). The largest absolute Gasteiger partial charge is 0.480 e. The summed E-state index contributed by atoms with van der Waals surface area (Å²) in [5, 5.41) is 8.41. The second-order valence-electron chi connectivity index (χ2n) is 4.81. The van der Waals surface area contributed by atoms with Crippen LogP contribution in [0.3, 0.4) is 0 Å². The number of carboxylic acids is 1. The van der Waals surface area contributed by atoms with Crippen molar-refractivity contribution in [3.63, 3.8) is 0 Å². The topological polar surface area (TPSA) is 57.6 Å². The molecule has 0 saturated carbocycles. The van der Waals surface area contributed by atoms with Gasteiger partial charge >= 0.3 is 5.97 Å². The summed E-state index contributed by atoms with van der Waals surface area (Å²) in [5.41, 5.74) is 0.972. The van der Waals surface area contributed by atoms with Crippen LogP contribution in [0, 0.1) is 0 Å². The van der Waals surface area contributed by atoms with Gasteiger partial charge in [-0.05, 0) is 32.8 Å². The molecule has 5 heteroatoms. The molecule has 0 aliphatic rings. The van der Waals surface area contributed by atoms with E-state index in [1.54, 1.807) is 11.8 Å². The van der Waals surface area contributed by atoms with Crippen LogP contribution < -0.4 is 0 Å². The molecule has 0 aliphatic carbocycles. The number of hydrogen-bond acceptors (Lipinski definition) is 3. The summed E-state index contributed by atoms with van der Waals surface area (Å²) in [5.74, 6) is -0.868. The first-order valence-electron chi connectivity index (χ1n) is 7.20. The van der Waals surface area contributed by atoms with Crippen molar-refractivity contribution in [2.75, 3.05) is 13.1 Å². The molecule has 2 unspecified atom stereocenters. The van der Waals surface area contributed by atoms with Crippen LogP contribution in [-0.4, -0.2) is 45.5 Å². The number of carbonyl (C=O) groups excluding carboxylic acids is 1. The van der Waals surface area contributed by atoms with Crippen molar-refractivity contribution in [2.45, 2.75) is 37.7 Å². The zero-order valence-corrected chi connectivity index (χ0v) is 13.6. The monoisotopic (exact) mass is 309 g/mol. The molecule has 0 spiro atoms. The van der Waals surface area contributed by atoms with Gasteiger partial charge in [0.2, 0.25) is 5.91 Å². The molecule has 0 radical (unpaired) electrons. The molecule has 4 nitrogen and oxygen atoms in total. The lowest BCUT2D eigenvalue weighted by Crippen LogP contribution is -2.37. The van der Waals surface area contributed by atoms with Gasteiger partial charge in [-0.15, -0.1) is 11.8 Å². The van der Waals surface area contributed by atoms with Crippen molar-refractivity contribution in [1.82, 2.24) is 4.90 Å². The van der Waals surface area contributed by atoms with Crippen molar-refractivity contribution >= 4 is 23.6 Å². The summed E-state index contributed by atoms with van der Waals surface area (Å²) in [4.78, 5) is 25.4. The van der Waals surface area contributed by atoms with E-state index in [4.69, 9.17) is 0 Å². The summed E-state index contributed by atoms with van der Waals surface area (Å²) < 4.78 is 0. The van der Waals surface area contributed by atoms with Gasteiger partial charge in [-0.1, -0.05) is 30.3 Å². The second-order valence-corrected chi connectivity index (χ2v) is 6.35. The molecular weight excluding hydrogens is 286 g/mol. The Morgan fingerprint density at radius 1 is 1.19 bits per heavy atom. The van der Waals surface area contributed by atoms with Crippen LogP contribution >= 0.6 is 11.8 Å². The molecule has 1 amide bonds. The number of amides is 1. The Morgan fingerprint density at radius 2 is 1.76 bits per heavy atom. The molecule has 1 N–H and O–H groups in total. The van der Waals surface area contributed by atoms with E-state index in [9.17, 15) is 14.7 Å². The van der Waals surface area contributed by atoms with Crippen LogP contribution in [0.5, 0.6) is 0 Å². The summed E-state index contributed by atoms with van der Waals surface area (Å²) in [6.07, 6.45) is 0.427. The van der Waals surface area contributed by atoms with E-state index in [1.165, 1.54) is 11.8 Å². The van der Waals surface area contributed by atoms with Gasteiger partial charge in [0.25, 0.3) is 0 Å². The summed E-state index contributed by atoms with van der Waals surface area (Å²) in [6.45, 7) is 6.94. The van der Waals surface area contributed by atoms with Gasteiger partial charge in [-0.2, -0.15) is 0 Å². The highest BCUT2D eigenvalue weighted by atomic mass is 32.2. The number of thioether (sulfide) groups is 1. The first-order chi connectivity index (χ1) is 9.99. The molecule has 2 atom stereocenters. The minimum absolute atomic E-state index is 0.00399. The first-order valence-corrected chi connectivity index (χ1v) is 8.14. The lowest BCUT2D eigenvalue weighted by Gasteiger charge is -2.24. The number of carbonyl (C=O) groups is 2.